The molecule has 0 aliphatic carbocycles. The molecule has 2 rings (SSSR count). The van der Waals surface area contributed by atoms with Gasteiger partial charge in [-0.25, -0.2) is 0 Å². The molecule has 1 fully saturated rings. The molecular weight excluding hydrogens is 282 g/mol. The fourth-order valence-corrected chi connectivity index (χ4v) is 3.17. The number of nitrogens with zero attached hydrogens (tertiary/aromatic N) is 1. The normalized spacial score (nSPS) is 21.3. The standard InChI is InChI=1S/C16H25N3O3/c1-9(2)19-10(3)7-13(11(19)4)16(21)18-8-12-5-6-14(22-12)15(17)20/h7,9,12,14H,5-6,8H2,1-4H3,(H2,17,20)(H,18,21)/t12-,14+/m1/s1. The van der Waals surface area contributed by atoms with Crippen LogP contribution in [-0.2, 0) is 9.53 Å². The lowest BCUT2D eigenvalue weighted by molar-refractivity contribution is -0.128. The van der Waals surface area contributed by atoms with E-state index in [0.29, 0.717) is 24.6 Å². The fraction of sp³-hybridized carbons (Fsp3) is 0.625. The monoisotopic (exact) mass is 307 g/mol. The van der Waals surface area contributed by atoms with Crippen LogP contribution in [0, 0.1) is 13.8 Å². The zero-order valence-corrected chi connectivity index (χ0v) is 13.7. The Kier molecular flexibility index (Phi) is 4.90. The number of hydrogen-bond acceptors (Lipinski definition) is 3. The summed E-state index contributed by atoms with van der Waals surface area (Å²) in [4.78, 5) is 23.4. The molecule has 2 amide bonds. The Hall–Kier alpha value is -1.82. The van der Waals surface area contributed by atoms with Crippen LogP contribution in [0.25, 0.3) is 0 Å². The number of nitrogens with one attached hydrogen (secondary N) is 1. The molecule has 0 saturated carbocycles. The number of primary amides is 1. The number of carbonyl (C=O) groups is 2. The Morgan fingerprint density at radius 3 is 2.59 bits per heavy atom. The van der Waals surface area contributed by atoms with Gasteiger partial charge >= 0.3 is 0 Å². The molecular formula is C16H25N3O3. The molecule has 22 heavy (non-hydrogen) atoms. The minimum atomic E-state index is -0.520. The Morgan fingerprint density at radius 1 is 1.41 bits per heavy atom. The third-order valence-corrected chi connectivity index (χ3v) is 4.16. The average Bonchev–Trinajstić information content (AvgIpc) is 3.01. The first kappa shape index (κ1) is 16.5. The first-order chi connectivity index (χ1) is 10.3. The van der Waals surface area contributed by atoms with Gasteiger partial charge in [-0.05, 0) is 46.6 Å². The molecule has 1 aliphatic rings. The number of ether oxygens (including phenoxy) is 1. The van der Waals surface area contributed by atoms with Crippen molar-refractivity contribution >= 4 is 11.8 Å². The fourth-order valence-electron chi connectivity index (χ4n) is 3.17. The summed E-state index contributed by atoms with van der Waals surface area (Å²) in [5.74, 6) is -0.541. The van der Waals surface area contributed by atoms with Gasteiger partial charge in [-0.3, -0.25) is 9.59 Å². The molecule has 1 saturated heterocycles. The predicted octanol–water partition coefficient (Wildman–Crippen LogP) is 1.45. The zero-order chi connectivity index (χ0) is 16.4. The SMILES string of the molecule is Cc1cc(C(=O)NC[C@H]2CC[C@@H](C(N)=O)O2)c(C)n1C(C)C. The molecule has 1 aromatic heterocycles. The number of hydrogen-bond donors (Lipinski definition) is 2. The highest BCUT2D eigenvalue weighted by atomic mass is 16.5. The van der Waals surface area contributed by atoms with Crippen LogP contribution in [-0.4, -0.2) is 35.1 Å². The van der Waals surface area contributed by atoms with Crippen molar-refractivity contribution in [3.63, 3.8) is 0 Å². The highest BCUT2D eigenvalue weighted by Gasteiger charge is 2.29. The quantitative estimate of drug-likeness (QED) is 0.863. The van der Waals surface area contributed by atoms with E-state index < -0.39 is 12.0 Å². The van der Waals surface area contributed by atoms with Gasteiger partial charge in [0.05, 0.1) is 11.7 Å². The molecule has 3 N–H and O–H groups in total. The first-order valence-corrected chi connectivity index (χ1v) is 7.72. The van der Waals surface area contributed by atoms with Crippen LogP contribution in [0.2, 0.25) is 0 Å². The lowest BCUT2D eigenvalue weighted by Gasteiger charge is -2.14. The van der Waals surface area contributed by atoms with E-state index in [2.05, 4.69) is 23.7 Å². The molecule has 0 spiro atoms. The average molecular weight is 307 g/mol. The van der Waals surface area contributed by atoms with Crippen molar-refractivity contribution in [1.82, 2.24) is 9.88 Å². The van der Waals surface area contributed by atoms with E-state index >= 15 is 0 Å². The lowest BCUT2D eigenvalue weighted by Crippen LogP contribution is -2.34. The van der Waals surface area contributed by atoms with E-state index in [0.717, 1.165) is 17.8 Å². The second-order valence-corrected chi connectivity index (χ2v) is 6.19. The topological polar surface area (TPSA) is 86.3 Å². The Labute approximate surface area is 131 Å². The van der Waals surface area contributed by atoms with E-state index in [1.54, 1.807) is 0 Å². The summed E-state index contributed by atoms with van der Waals surface area (Å²) >= 11 is 0. The first-order valence-electron chi connectivity index (χ1n) is 7.72. The maximum Gasteiger partial charge on any atom is 0.253 e. The van der Waals surface area contributed by atoms with Crippen molar-refractivity contribution in [3.05, 3.63) is 23.0 Å². The van der Waals surface area contributed by atoms with Crippen LogP contribution in [0.4, 0.5) is 0 Å². The van der Waals surface area contributed by atoms with E-state index in [1.807, 2.05) is 19.9 Å². The molecule has 122 valence electrons. The van der Waals surface area contributed by atoms with E-state index in [-0.39, 0.29) is 12.0 Å². The minimum absolute atomic E-state index is 0.105. The van der Waals surface area contributed by atoms with Crippen molar-refractivity contribution in [1.29, 1.82) is 0 Å². The molecule has 2 heterocycles. The molecule has 6 nitrogen and oxygen atoms in total. The van der Waals surface area contributed by atoms with Gasteiger partial charge in [0.25, 0.3) is 5.91 Å². The Morgan fingerprint density at radius 2 is 2.09 bits per heavy atom. The third-order valence-electron chi connectivity index (χ3n) is 4.16. The zero-order valence-electron chi connectivity index (χ0n) is 13.7. The van der Waals surface area contributed by atoms with Crippen molar-refractivity contribution in [3.8, 4) is 0 Å². The number of amides is 2. The molecule has 2 atom stereocenters. The van der Waals surface area contributed by atoms with Crippen molar-refractivity contribution < 1.29 is 14.3 Å². The smallest absolute Gasteiger partial charge is 0.253 e. The molecule has 0 unspecified atom stereocenters. The highest BCUT2D eigenvalue weighted by molar-refractivity contribution is 5.95. The van der Waals surface area contributed by atoms with Crippen LogP contribution in [0.15, 0.2) is 6.07 Å². The van der Waals surface area contributed by atoms with Gasteiger partial charge in [0.15, 0.2) is 0 Å². The van der Waals surface area contributed by atoms with Crippen LogP contribution < -0.4 is 11.1 Å². The van der Waals surface area contributed by atoms with E-state index in [1.165, 1.54) is 0 Å². The third kappa shape index (κ3) is 3.32. The Bertz CT molecular complexity index is 577. The van der Waals surface area contributed by atoms with Gasteiger partial charge in [-0.15, -0.1) is 0 Å². The highest BCUT2D eigenvalue weighted by Crippen LogP contribution is 2.21. The van der Waals surface area contributed by atoms with Crippen LogP contribution in [0.5, 0.6) is 0 Å². The van der Waals surface area contributed by atoms with E-state index in [4.69, 9.17) is 10.5 Å². The number of aryl methyl sites for hydroxylation is 1. The van der Waals surface area contributed by atoms with Gasteiger partial charge in [0.2, 0.25) is 5.91 Å². The summed E-state index contributed by atoms with van der Waals surface area (Å²) in [5, 5.41) is 2.89. The van der Waals surface area contributed by atoms with Gasteiger partial charge in [0.1, 0.15) is 6.10 Å². The van der Waals surface area contributed by atoms with Gasteiger partial charge < -0.3 is 20.4 Å². The summed E-state index contributed by atoms with van der Waals surface area (Å²) in [6.07, 6.45) is 0.694. The Balaban J connectivity index is 1.96. The van der Waals surface area contributed by atoms with Gasteiger partial charge in [-0.1, -0.05) is 0 Å². The molecule has 0 aromatic carbocycles. The molecule has 0 bridgehead atoms. The van der Waals surface area contributed by atoms with Crippen molar-refractivity contribution in [2.75, 3.05) is 6.54 Å². The minimum Gasteiger partial charge on any atom is -0.367 e. The summed E-state index contributed by atoms with van der Waals surface area (Å²) in [6, 6.07) is 2.22. The van der Waals surface area contributed by atoms with Gasteiger partial charge in [0, 0.05) is 24.0 Å². The predicted molar refractivity (Wildman–Crippen MR) is 83.7 cm³/mol. The summed E-state index contributed by atoms with van der Waals surface area (Å²) in [6.45, 7) is 8.54. The summed E-state index contributed by atoms with van der Waals surface area (Å²) < 4.78 is 7.66. The summed E-state index contributed by atoms with van der Waals surface area (Å²) in [5.41, 5.74) is 7.95. The van der Waals surface area contributed by atoms with Crippen LogP contribution in [0.3, 0.4) is 0 Å². The number of rotatable bonds is 5. The summed E-state index contributed by atoms with van der Waals surface area (Å²) in [7, 11) is 0. The maximum absolute atomic E-state index is 12.4. The van der Waals surface area contributed by atoms with Crippen molar-refractivity contribution in [2.24, 2.45) is 5.73 Å². The molecule has 6 heteroatoms. The molecule has 1 aromatic rings. The second kappa shape index (κ2) is 6.52. The second-order valence-electron chi connectivity index (χ2n) is 6.19. The largest absolute Gasteiger partial charge is 0.367 e. The lowest BCUT2D eigenvalue weighted by atomic mass is 10.2. The number of carbonyl (C=O) groups excluding carboxylic acids is 2. The van der Waals surface area contributed by atoms with E-state index in [9.17, 15) is 9.59 Å². The number of nitrogens with two attached hydrogens (primary N) is 1. The maximum atomic E-state index is 12.4. The van der Waals surface area contributed by atoms with Gasteiger partial charge in [-0.2, -0.15) is 0 Å². The van der Waals surface area contributed by atoms with Crippen LogP contribution >= 0.6 is 0 Å². The molecule has 1 aliphatic heterocycles. The molecule has 0 radical (unpaired) electrons. The number of aromatic nitrogens is 1. The van der Waals surface area contributed by atoms with Crippen LogP contribution in [0.1, 0.15) is 54.5 Å². The van der Waals surface area contributed by atoms with Crippen molar-refractivity contribution in [2.45, 2.75) is 58.8 Å².